The van der Waals surface area contributed by atoms with Gasteiger partial charge in [-0.05, 0) is 75.1 Å². The standard InChI is InChI=1S/C23H31N5O2/c1-2-13-28-14-11-18(12-15-28)17-24-22(29)26-20-9-6-10-21(16-20)27-23(30)25-19-7-4-3-5-8-19/h3-10,16,18H,2,11-15,17H2,1H3,(H2,24,26,29)(H2,25,27,30). The number of likely N-dealkylation sites (tertiary alicyclic amines) is 1. The van der Waals surface area contributed by atoms with Crippen LogP contribution >= 0.6 is 0 Å². The third-order valence-corrected chi connectivity index (χ3v) is 5.21. The molecule has 0 unspecified atom stereocenters. The normalized spacial score (nSPS) is 14.7. The monoisotopic (exact) mass is 409 g/mol. The van der Waals surface area contributed by atoms with Gasteiger partial charge in [0.2, 0.25) is 0 Å². The second-order valence-corrected chi connectivity index (χ2v) is 7.65. The van der Waals surface area contributed by atoms with Gasteiger partial charge in [0.25, 0.3) is 0 Å². The maximum atomic E-state index is 12.3. The lowest BCUT2D eigenvalue weighted by atomic mass is 9.97. The average molecular weight is 410 g/mol. The maximum absolute atomic E-state index is 12.3. The van der Waals surface area contributed by atoms with Crippen LogP contribution in [-0.4, -0.2) is 43.1 Å². The molecule has 4 amide bonds. The second-order valence-electron chi connectivity index (χ2n) is 7.65. The van der Waals surface area contributed by atoms with Gasteiger partial charge >= 0.3 is 12.1 Å². The molecule has 30 heavy (non-hydrogen) atoms. The van der Waals surface area contributed by atoms with Gasteiger partial charge in [-0.15, -0.1) is 0 Å². The van der Waals surface area contributed by atoms with Gasteiger partial charge < -0.3 is 26.2 Å². The first-order valence-electron chi connectivity index (χ1n) is 10.6. The van der Waals surface area contributed by atoms with Crippen molar-refractivity contribution in [2.75, 3.05) is 42.1 Å². The molecular formula is C23H31N5O2. The van der Waals surface area contributed by atoms with Crippen molar-refractivity contribution >= 4 is 29.1 Å². The van der Waals surface area contributed by atoms with Crippen molar-refractivity contribution in [2.24, 2.45) is 5.92 Å². The van der Waals surface area contributed by atoms with Crippen LogP contribution in [0.15, 0.2) is 54.6 Å². The first-order chi connectivity index (χ1) is 14.6. The van der Waals surface area contributed by atoms with E-state index in [1.807, 2.05) is 30.3 Å². The van der Waals surface area contributed by atoms with Crippen molar-refractivity contribution in [3.05, 3.63) is 54.6 Å². The summed E-state index contributed by atoms with van der Waals surface area (Å²) < 4.78 is 0. The highest BCUT2D eigenvalue weighted by Gasteiger charge is 2.19. The molecule has 7 heteroatoms. The number of carbonyl (C=O) groups is 2. The summed E-state index contributed by atoms with van der Waals surface area (Å²) in [6.07, 6.45) is 3.43. The van der Waals surface area contributed by atoms with Crippen LogP contribution in [0.1, 0.15) is 26.2 Å². The summed E-state index contributed by atoms with van der Waals surface area (Å²) in [6.45, 7) is 6.27. The summed E-state index contributed by atoms with van der Waals surface area (Å²) in [6, 6.07) is 15.8. The van der Waals surface area contributed by atoms with Crippen molar-refractivity contribution in [1.29, 1.82) is 0 Å². The SMILES string of the molecule is CCCN1CCC(CNC(=O)Nc2cccc(NC(=O)Nc3ccccc3)c2)CC1. The van der Waals surface area contributed by atoms with E-state index in [0.29, 0.717) is 29.5 Å². The predicted molar refractivity (Wildman–Crippen MR) is 122 cm³/mol. The van der Waals surface area contributed by atoms with Crippen molar-refractivity contribution in [3.63, 3.8) is 0 Å². The Balaban J connectivity index is 1.42. The Labute approximate surface area is 178 Å². The molecule has 1 saturated heterocycles. The first kappa shape index (κ1) is 21.6. The minimum Gasteiger partial charge on any atom is -0.338 e. The predicted octanol–water partition coefficient (Wildman–Crippen LogP) is 4.57. The molecule has 0 bridgehead atoms. The summed E-state index contributed by atoms with van der Waals surface area (Å²) >= 11 is 0. The molecular weight excluding hydrogens is 378 g/mol. The summed E-state index contributed by atoms with van der Waals surface area (Å²) in [7, 11) is 0. The van der Waals surface area contributed by atoms with E-state index in [1.165, 1.54) is 6.42 Å². The lowest BCUT2D eigenvalue weighted by Crippen LogP contribution is -2.40. The Bertz CT molecular complexity index is 819. The van der Waals surface area contributed by atoms with Crippen molar-refractivity contribution in [3.8, 4) is 0 Å². The van der Waals surface area contributed by atoms with E-state index in [1.54, 1.807) is 24.3 Å². The van der Waals surface area contributed by atoms with Gasteiger partial charge in [0.15, 0.2) is 0 Å². The number of carbonyl (C=O) groups excluding carboxylic acids is 2. The van der Waals surface area contributed by atoms with Crippen LogP contribution in [-0.2, 0) is 0 Å². The highest BCUT2D eigenvalue weighted by atomic mass is 16.2. The minimum absolute atomic E-state index is 0.225. The van der Waals surface area contributed by atoms with E-state index in [4.69, 9.17) is 0 Å². The molecule has 3 rings (SSSR count). The molecule has 0 aromatic heterocycles. The van der Waals surface area contributed by atoms with Crippen molar-refractivity contribution < 1.29 is 9.59 Å². The number of urea groups is 2. The number of piperidine rings is 1. The number of benzene rings is 2. The minimum atomic E-state index is -0.336. The quantitative estimate of drug-likeness (QED) is 0.540. The molecule has 2 aromatic rings. The molecule has 7 nitrogen and oxygen atoms in total. The Hall–Kier alpha value is -3.06. The van der Waals surface area contributed by atoms with Crippen LogP contribution in [0, 0.1) is 5.92 Å². The van der Waals surface area contributed by atoms with Gasteiger partial charge in [0.05, 0.1) is 0 Å². The molecule has 0 radical (unpaired) electrons. The van der Waals surface area contributed by atoms with Crippen LogP contribution in [0.25, 0.3) is 0 Å². The molecule has 1 aliphatic rings. The van der Waals surface area contributed by atoms with Crippen LogP contribution in [0.4, 0.5) is 26.7 Å². The number of para-hydroxylation sites is 1. The van der Waals surface area contributed by atoms with Crippen LogP contribution in [0.3, 0.4) is 0 Å². The van der Waals surface area contributed by atoms with E-state index in [0.717, 1.165) is 32.5 Å². The fourth-order valence-corrected chi connectivity index (χ4v) is 3.63. The Kier molecular flexibility index (Phi) is 8.09. The van der Waals surface area contributed by atoms with Gasteiger partial charge in [0.1, 0.15) is 0 Å². The fraction of sp³-hybridized carbons (Fsp3) is 0.391. The summed E-state index contributed by atoms with van der Waals surface area (Å²) in [5.74, 6) is 0.526. The smallest absolute Gasteiger partial charge is 0.323 e. The van der Waals surface area contributed by atoms with E-state index in [2.05, 4.69) is 33.1 Å². The lowest BCUT2D eigenvalue weighted by molar-refractivity contribution is 0.182. The number of rotatable bonds is 7. The van der Waals surface area contributed by atoms with Crippen molar-refractivity contribution in [1.82, 2.24) is 10.2 Å². The Morgan fingerprint density at radius 3 is 2.13 bits per heavy atom. The Morgan fingerprint density at radius 1 is 0.867 bits per heavy atom. The summed E-state index contributed by atoms with van der Waals surface area (Å²) in [5.41, 5.74) is 1.94. The third kappa shape index (κ3) is 7.08. The number of anilines is 3. The molecule has 0 aliphatic carbocycles. The first-order valence-corrected chi connectivity index (χ1v) is 10.6. The third-order valence-electron chi connectivity index (χ3n) is 5.21. The van der Waals surface area contributed by atoms with Crippen LogP contribution in [0.2, 0.25) is 0 Å². The zero-order valence-corrected chi connectivity index (χ0v) is 17.5. The lowest BCUT2D eigenvalue weighted by Gasteiger charge is -2.31. The largest absolute Gasteiger partial charge is 0.338 e. The van der Waals surface area contributed by atoms with Crippen molar-refractivity contribution in [2.45, 2.75) is 26.2 Å². The molecule has 1 aliphatic heterocycles. The molecule has 0 spiro atoms. The maximum Gasteiger partial charge on any atom is 0.323 e. The van der Waals surface area contributed by atoms with Gasteiger partial charge in [-0.3, -0.25) is 0 Å². The van der Waals surface area contributed by atoms with E-state index in [9.17, 15) is 9.59 Å². The zero-order valence-electron chi connectivity index (χ0n) is 17.5. The average Bonchev–Trinajstić information content (AvgIpc) is 2.74. The molecule has 4 N–H and O–H groups in total. The zero-order chi connectivity index (χ0) is 21.2. The molecule has 160 valence electrons. The van der Waals surface area contributed by atoms with Gasteiger partial charge in [-0.1, -0.05) is 31.2 Å². The van der Waals surface area contributed by atoms with Crippen LogP contribution < -0.4 is 21.3 Å². The highest BCUT2D eigenvalue weighted by molar-refractivity contribution is 6.00. The van der Waals surface area contributed by atoms with Gasteiger partial charge in [-0.25, -0.2) is 9.59 Å². The number of hydrogen-bond donors (Lipinski definition) is 4. The highest BCUT2D eigenvalue weighted by Crippen LogP contribution is 2.18. The van der Waals surface area contributed by atoms with Gasteiger partial charge in [0, 0.05) is 23.6 Å². The van der Waals surface area contributed by atoms with E-state index >= 15 is 0 Å². The molecule has 1 fully saturated rings. The fourth-order valence-electron chi connectivity index (χ4n) is 3.63. The van der Waals surface area contributed by atoms with Gasteiger partial charge in [-0.2, -0.15) is 0 Å². The van der Waals surface area contributed by atoms with E-state index < -0.39 is 0 Å². The topological polar surface area (TPSA) is 85.5 Å². The number of amides is 4. The number of nitrogens with one attached hydrogen (secondary N) is 4. The summed E-state index contributed by atoms with van der Waals surface area (Å²) in [5, 5.41) is 11.4. The second kappa shape index (κ2) is 11.2. The Morgan fingerprint density at radius 2 is 1.47 bits per heavy atom. The number of nitrogens with zero attached hydrogens (tertiary/aromatic N) is 1. The molecule has 2 aromatic carbocycles. The summed E-state index contributed by atoms with van der Waals surface area (Å²) in [4.78, 5) is 26.9. The molecule has 0 saturated carbocycles. The molecule has 0 atom stereocenters. The van der Waals surface area contributed by atoms with Crippen LogP contribution in [0.5, 0.6) is 0 Å². The molecule has 1 heterocycles. The van der Waals surface area contributed by atoms with E-state index in [-0.39, 0.29) is 12.1 Å². The number of hydrogen-bond acceptors (Lipinski definition) is 3.